The Bertz CT molecular complexity index is 417. The first-order valence-corrected chi connectivity index (χ1v) is 8.70. The van der Waals surface area contributed by atoms with Crippen LogP contribution in [0.4, 0.5) is 0 Å². The van der Waals surface area contributed by atoms with Crippen molar-refractivity contribution < 1.29 is 0 Å². The van der Waals surface area contributed by atoms with E-state index < -0.39 is 0 Å². The van der Waals surface area contributed by atoms with E-state index in [4.69, 9.17) is 5.73 Å². The molecule has 0 radical (unpaired) electrons. The Kier molecular flexibility index (Phi) is 6.06. The van der Waals surface area contributed by atoms with Gasteiger partial charge in [0.15, 0.2) is 0 Å². The minimum atomic E-state index is 0.203. The molecule has 3 heteroatoms. The minimum absolute atomic E-state index is 0.203. The van der Waals surface area contributed by atoms with Crippen LogP contribution in [0.2, 0.25) is 0 Å². The molecule has 0 saturated heterocycles. The van der Waals surface area contributed by atoms with Gasteiger partial charge in [-0.25, -0.2) is 0 Å². The maximum Gasteiger partial charge on any atom is 0.0499 e. The maximum atomic E-state index is 6.47. The molecule has 1 aromatic rings. The van der Waals surface area contributed by atoms with Crippen molar-refractivity contribution in [3.8, 4) is 0 Å². The predicted octanol–water partition coefficient (Wildman–Crippen LogP) is 4.35. The van der Waals surface area contributed by atoms with Crippen LogP contribution in [0.3, 0.4) is 0 Å². The second-order valence-corrected chi connectivity index (χ2v) is 6.93. The van der Waals surface area contributed by atoms with Gasteiger partial charge in [0.1, 0.15) is 0 Å². The third-order valence-electron chi connectivity index (χ3n) is 4.16. The van der Waals surface area contributed by atoms with Crippen molar-refractivity contribution >= 4 is 15.9 Å². The lowest BCUT2D eigenvalue weighted by atomic mass is 9.95. The summed E-state index contributed by atoms with van der Waals surface area (Å²) in [6, 6.07) is 9.21. The lowest BCUT2D eigenvalue weighted by Crippen LogP contribution is -2.42. The van der Waals surface area contributed by atoms with Gasteiger partial charge in [0, 0.05) is 23.1 Å². The predicted molar refractivity (Wildman–Crippen MR) is 89.7 cm³/mol. The van der Waals surface area contributed by atoms with Crippen LogP contribution in [0, 0.1) is 5.92 Å². The molecule has 0 amide bonds. The summed E-state index contributed by atoms with van der Waals surface area (Å²) in [5.74, 6) is 0.903. The van der Waals surface area contributed by atoms with Crippen LogP contribution >= 0.6 is 15.9 Å². The highest BCUT2D eigenvalue weighted by Crippen LogP contribution is 2.34. The summed E-state index contributed by atoms with van der Waals surface area (Å²) in [5.41, 5.74) is 7.82. The van der Waals surface area contributed by atoms with Gasteiger partial charge < -0.3 is 5.73 Å². The van der Waals surface area contributed by atoms with E-state index in [1.807, 2.05) is 0 Å². The Labute approximate surface area is 131 Å². The molecular formula is C17H27BrN2. The molecule has 0 bridgehead atoms. The average Bonchev–Trinajstić information content (AvgIpc) is 3.23. The van der Waals surface area contributed by atoms with E-state index in [-0.39, 0.29) is 6.04 Å². The molecule has 1 aliphatic rings. The molecule has 2 N–H and O–H groups in total. The van der Waals surface area contributed by atoms with E-state index >= 15 is 0 Å². The van der Waals surface area contributed by atoms with Gasteiger partial charge in [-0.15, -0.1) is 0 Å². The molecule has 1 saturated carbocycles. The van der Waals surface area contributed by atoms with Gasteiger partial charge in [-0.05, 0) is 55.8 Å². The number of halogens is 1. The molecule has 1 aromatic carbocycles. The number of rotatable bonds is 8. The molecule has 0 heterocycles. The van der Waals surface area contributed by atoms with Gasteiger partial charge in [-0.1, -0.05) is 41.9 Å². The topological polar surface area (TPSA) is 29.3 Å². The summed E-state index contributed by atoms with van der Waals surface area (Å²) in [4.78, 5) is 2.62. The van der Waals surface area contributed by atoms with Crippen molar-refractivity contribution in [2.45, 2.75) is 51.6 Å². The zero-order valence-electron chi connectivity index (χ0n) is 12.7. The van der Waals surface area contributed by atoms with Crippen LogP contribution in [-0.4, -0.2) is 24.0 Å². The number of nitrogens with two attached hydrogens (primary N) is 1. The summed E-state index contributed by atoms with van der Waals surface area (Å²) in [6.07, 6.45) is 5.00. The molecule has 2 rings (SSSR count). The van der Waals surface area contributed by atoms with Crippen LogP contribution in [0.5, 0.6) is 0 Å². The van der Waals surface area contributed by atoms with E-state index in [1.54, 1.807) is 0 Å². The number of benzene rings is 1. The zero-order valence-corrected chi connectivity index (χ0v) is 14.3. The molecule has 0 spiro atoms. The van der Waals surface area contributed by atoms with Crippen LogP contribution in [0.25, 0.3) is 0 Å². The molecule has 1 fully saturated rings. The van der Waals surface area contributed by atoms with Crippen molar-refractivity contribution in [3.05, 3.63) is 34.3 Å². The summed E-state index contributed by atoms with van der Waals surface area (Å²) in [5, 5.41) is 0. The lowest BCUT2D eigenvalue weighted by Gasteiger charge is -2.36. The Balaban J connectivity index is 2.23. The maximum absolute atomic E-state index is 6.47. The first kappa shape index (κ1) is 16.0. The van der Waals surface area contributed by atoms with Gasteiger partial charge in [-0.3, -0.25) is 4.90 Å². The number of hydrogen-bond donors (Lipinski definition) is 1. The van der Waals surface area contributed by atoms with Crippen molar-refractivity contribution in [1.82, 2.24) is 4.90 Å². The second-order valence-electron chi connectivity index (χ2n) is 6.01. The average molecular weight is 339 g/mol. The lowest BCUT2D eigenvalue weighted by molar-refractivity contribution is 0.162. The molecule has 2 nitrogen and oxygen atoms in total. The van der Waals surface area contributed by atoms with E-state index in [0.717, 1.165) is 23.4 Å². The normalized spacial score (nSPS) is 18.2. The fraction of sp³-hybridized carbons (Fsp3) is 0.647. The molecule has 2 unspecified atom stereocenters. The van der Waals surface area contributed by atoms with Crippen LogP contribution in [0.15, 0.2) is 28.7 Å². The summed E-state index contributed by atoms with van der Waals surface area (Å²) < 4.78 is 1.14. The summed E-state index contributed by atoms with van der Waals surface area (Å²) >= 11 is 3.59. The van der Waals surface area contributed by atoms with Gasteiger partial charge in [0.05, 0.1) is 0 Å². The van der Waals surface area contributed by atoms with E-state index in [9.17, 15) is 0 Å². The standard InChI is InChI=1S/C17H27BrN2/c1-3-10-20(12-13-8-9-13)17(16(19)4-2)14-6-5-7-15(18)11-14/h5-7,11,13,16-17H,3-4,8-10,12,19H2,1-2H3. The minimum Gasteiger partial charge on any atom is -0.326 e. The third kappa shape index (κ3) is 4.31. The molecule has 0 aliphatic heterocycles. The highest BCUT2D eigenvalue weighted by Gasteiger charge is 2.31. The Morgan fingerprint density at radius 2 is 2.10 bits per heavy atom. The molecule has 2 atom stereocenters. The Morgan fingerprint density at radius 1 is 1.35 bits per heavy atom. The van der Waals surface area contributed by atoms with Gasteiger partial charge in [0.2, 0.25) is 0 Å². The molecule has 1 aliphatic carbocycles. The van der Waals surface area contributed by atoms with E-state index in [2.05, 4.69) is 58.9 Å². The zero-order chi connectivity index (χ0) is 14.5. The molecule has 112 valence electrons. The quantitative estimate of drug-likeness (QED) is 0.763. The first-order valence-electron chi connectivity index (χ1n) is 7.90. The first-order chi connectivity index (χ1) is 9.65. The number of hydrogen-bond acceptors (Lipinski definition) is 2. The van der Waals surface area contributed by atoms with Crippen molar-refractivity contribution in [2.75, 3.05) is 13.1 Å². The van der Waals surface area contributed by atoms with Crippen molar-refractivity contribution in [1.29, 1.82) is 0 Å². The summed E-state index contributed by atoms with van der Waals surface area (Å²) in [7, 11) is 0. The van der Waals surface area contributed by atoms with E-state index in [0.29, 0.717) is 6.04 Å². The monoisotopic (exact) mass is 338 g/mol. The number of nitrogens with zero attached hydrogens (tertiary/aromatic N) is 1. The Morgan fingerprint density at radius 3 is 2.65 bits per heavy atom. The van der Waals surface area contributed by atoms with Crippen LogP contribution in [-0.2, 0) is 0 Å². The Hall–Kier alpha value is -0.380. The van der Waals surface area contributed by atoms with Gasteiger partial charge >= 0.3 is 0 Å². The molecule has 20 heavy (non-hydrogen) atoms. The fourth-order valence-electron chi connectivity index (χ4n) is 2.91. The fourth-order valence-corrected chi connectivity index (χ4v) is 3.32. The second kappa shape index (κ2) is 7.58. The van der Waals surface area contributed by atoms with Gasteiger partial charge in [0.25, 0.3) is 0 Å². The molecule has 0 aromatic heterocycles. The van der Waals surface area contributed by atoms with E-state index in [1.165, 1.54) is 31.4 Å². The highest BCUT2D eigenvalue weighted by atomic mass is 79.9. The SMILES string of the molecule is CCCN(CC1CC1)C(c1cccc(Br)c1)C(N)CC. The van der Waals surface area contributed by atoms with Crippen molar-refractivity contribution in [2.24, 2.45) is 11.7 Å². The molecular weight excluding hydrogens is 312 g/mol. The largest absolute Gasteiger partial charge is 0.326 e. The van der Waals surface area contributed by atoms with Crippen LogP contribution < -0.4 is 5.73 Å². The summed E-state index contributed by atoms with van der Waals surface area (Å²) in [6.45, 7) is 6.80. The highest BCUT2D eigenvalue weighted by molar-refractivity contribution is 9.10. The third-order valence-corrected chi connectivity index (χ3v) is 4.65. The van der Waals surface area contributed by atoms with Gasteiger partial charge in [-0.2, -0.15) is 0 Å². The van der Waals surface area contributed by atoms with Crippen molar-refractivity contribution in [3.63, 3.8) is 0 Å². The van der Waals surface area contributed by atoms with Crippen LogP contribution in [0.1, 0.15) is 51.1 Å². The smallest absolute Gasteiger partial charge is 0.0499 e.